The molecule has 3 N–H and O–H groups in total. The number of amides is 2. The van der Waals surface area contributed by atoms with E-state index in [4.69, 9.17) is 14.6 Å². The largest absolute Gasteiger partial charge is 0.480 e. The van der Waals surface area contributed by atoms with E-state index in [0.29, 0.717) is 26.4 Å². The molecule has 1 aliphatic heterocycles. The highest BCUT2D eigenvalue weighted by Crippen LogP contribution is 1.98. The first-order valence-electron chi connectivity index (χ1n) is 5.06. The number of hydrogen-bond donors (Lipinski definition) is 3. The molecule has 1 aliphatic rings. The van der Waals surface area contributed by atoms with E-state index < -0.39 is 18.0 Å². The van der Waals surface area contributed by atoms with Crippen LogP contribution in [0.2, 0.25) is 0 Å². The fraction of sp³-hybridized carbons (Fsp3) is 0.778. The third-order valence-corrected chi connectivity index (χ3v) is 2.09. The topological polar surface area (TPSA) is 96.9 Å². The van der Waals surface area contributed by atoms with E-state index in [0.717, 1.165) is 0 Å². The molecule has 1 fully saturated rings. The highest BCUT2D eigenvalue weighted by Gasteiger charge is 2.17. The number of nitrogens with one attached hydrogen (secondary N) is 2. The van der Waals surface area contributed by atoms with Gasteiger partial charge in [-0.3, -0.25) is 4.79 Å². The standard InChI is InChI=1S/C9H16N2O5/c1-6(8(12)13)11-9(14)10-4-7-5-15-2-3-16-7/h6-7H,2-5H2,1H3,(H,12,13)(H2,10,11,14)/t6-,7?/m0/s1. The highest BCUT2D eigenvalue weighted by atomic mass is 16.6. The molecule has 7 heteroatoms. The molecule has 7 nitrogen and oxygen atoms in total. The van der Waals surface area contributed by atoms with E-state index in [-0.39, 0.29) is 6.10 Å². The number of carbonyl (C=O) groups is 2. The van der Waals surface area contributed by atoms with Gasteiger partial charge in [0.25, 0.3) is 0 Å². The molecule has 1 rings (SSSR count). The van der Waals surface area contributed by atoms with Crippen LogP contribution in [0.25, 0.3) is 0 Å². The predicted molar refractivity (Wildman–Crippen MR) is 54.2 cm³/mol. The van der Waals surface area contributed by atoms with E-state index in [1.54, 1.807) is 0 Å². The minimum absolute atomic E-state index is 0.167. The molecule has 1 heterocycles. The van der Waals surface area contributed by atoms with Crippen molar-refractivity contribution in [1.29, 1.82) is 0 Å². The Morgan fingerprint density at radius 2 is 2.25 bits per heavy atom. The fourth-order valence-corrected chi connectivity index (χ4v) is 1.17. The van der Waals surface area contributed by atoms with Gasteiger partial charge in [-0.2, -0.15) is 0 Å². The van der Waals surface area contributed by atoms with Crippen LogP contribution in [0.15, 0.2) is 0 Å². The first-order chi connectivity index (χ1) is 7.59. The fourth-order valence-electron chi connectivity index (χ4n) is 1.17. The summed E-state index contributed by atoms with van der Waals surface area (Å²) in [5, 5.41) is 13.4. The number of carboxylic acid groups (broad SMARTS) is 1. The molecule has 0 spiro atoms. The molecular formula is C9H16N2O5. The second-order valence-electron chi connectivity index (χ2n) is 3.48. The number of rotatable bonds is 4. The molecule has 0 radical (unpaired) electrons. The average molecular weight is 232 g/mol. The second-order valence-corrected chi connectivity index (χ2v) is 3.48. The molecular weight excluding hydrogens is 216 g/mol. The minimum Gasteiger partial charge on any atom is -0.480 e. The summed E-state index contributed by atoms with van der Waals surface area (Å²) < 4.78 is 10.4. The van der Waals surface area contributed by atoms with Crippen molar-refractivity contribution in [2.45, 2.75) is 19.1 Å². The van der Waals surface area contributed by atoms with Gasteiger partial charge < -0.3 is 25.2 Å². The van der Waals surface area contributed by atoms with Crippen LogP contribution >= 0.6 is 0 Å². The molecule has 1 saturated heterocycles. The van der Waals surface area contributed by atoms with Gasteiger partial charge in [-0.25, -0.2) is 4.79 Å². The third-order valence-electron chi connectivity index (χ3n) is 2.09. The Morgan fingerprint density at radius 1 is 1.50 bits per heavy atom. The Balaban J connectivity index is 2.16. The van der Waals surface area contributed by atoms with Crippen molar-refractivity contribution < 1.29 is 24.2 Å². The van der Waals surface area contributed by atoms with Crippen LogP contribution in [-0.2, 0) is 14.3 Å². The van der Waals surface area contributed by atoms with Gasteiger partial charge in [0.1, 0.15) is 6.04 Å². The van der Waals surface area contributed by atoms with Gasteiger partial charge in [-0.1, -0.05) is 0 Å². The van der Waals surface area contributed by atoms with Gasteiger partial charge in [0.15, 0.2) is 0 Å². The predicted octanol–water partition coefficient (Wildman–Crippen LogP) is -0.826. The average Bonchev–Trinajstić information content (AvgIpc) is 2.27. The van der Waals surface area contributed by atoms with Crippen LogP contribution in [0.4, 0.5) is 4.79 Å². The zero-order valence-corrected chi connectivity index (χ0v) is 9.06. The second kappa shape index (κ2) is 6.29. The number of carboxylic acids is 1. The van der Waals surface area contributed by atoms with Gasteiger partial charge >= 0.3 is 12.0 Å². The molecule has 0 aromatic rings. The first-order valence-corrected chi connectivity index (χ1v) is 5.06. The smallest absolute Gasteiger partial charge is 0.325 e. The molecule has 0 aliphatic carbocycles. The van der Waals surface area contributed by atoms with Crippen LogP contribution in [-0.4, -0.2) is 55.6 Å². The van der Waals surface area contributed by atoms with Crippen LogP contribution in [0.3, 0.4) is 0 Å². The Morgan fingerprint density at radius 3 is 2.81 bits per heavy atom. The lowest BCUT2D eigenvalue weighted by molar-refractivity contribution is -0.138. The number of aliphatic carboxylic acids is 1. The van der Waals surface area contributed by atoms with Crippen LogP contribution in [0.5, 0.6) is 0 Å². The quantitative estimate of drug-likeness (QED) is 0.588. The number of hydrogen-bond acceptors (Lipinski definition) is 4. The molecule has 2 atom stereocenters. The van der Waals surface area contributed by atoms with Crippen molar-refractivity contribution >= 4 is 12.0 Å². The minimum atomic E-state index is -1.08. The van der Waals surface area contributed by atoms with Gasteiger partial charge in [0, 0.05) is 6.54 Å². The molecule has 92 valence electrons. The van der Waals surface area contributed by atoms with Crippen LogP contribution < -0.4 is 10.6 Å². The van der Waals surface area contributed by atoms with E-state index >= 15 is 0 Å². The summed E-state index contributed by atoms with van der Waals surface area (Å²) in [7, 11) is 0. The lowest BCUT2D eigenvalue weighted by Gasteiger charge is -2.23. The summed E-state index contributed by atoms with van der Waals surface area (Å²) in [5.74, 6) is -1.08. The van der Waals surface area contributed by atoms with E-state index in [1.807, 2.05) is 0 Å². The van der Waals surface area contributed by atoms with E-state index in [9.17, 15) is 9.59 Å². The summed E-state index contributed by atoms with van der Waals surface area (Å²) in [6, 6.07) is -1.44. The molecule has 1 unspecified atom stereocenters. The van der Waals surface area contributed by atoms with Crippen LogP contribution in [0, 0.1) is 0 Å². The summed E-state index contributed by atoms with van der Waals surface area (Å²) in [6.45, 7) is 3.22. The van der Waals surface area contributed by atoms with Gasteiger partial charge in [-0.05, 0) is 6.92 Å². The van der Waals surface area contributed by atoms with E-state index in [1.165, 1.54) is 6.92 Å². The highest BCUT2D eigenvalue weighted by molar-refractivity contribution is 5.82. The normalized spacial score (nSPS) is 22.2. The summed E-state index contributed by atoms with van der Waals surface area (Å²) in [4.78, 5) is 21.7. The third kappa shape index (κ3) is 4.45. The molecule has 16 heavy (non-hydrogen) atoms. The zero-order chi connectivity index (χ0) is 12.0. The molecule has 0 aromatic heterocycles. The number of urea groups is 1. The van der Waals surface area contributed by atoms with Crippen molar-refractivity contribution in [1.82, 2.24) is 10.6 Å². The monoisotopic (exact) mass is 232 g/mol. The Hall–Kier alpha value is -1.34. The number of ether oxygens (including phenoxy) is 2. The SMILES string of the molecule is C[C@H](NC(=O)NCC1COCCO1)C(=O)O. The summed E-state index contributed by atoms with van der Waals surface area (Å²) in [5.41, 5.74) is 0. The molecule has 0 saturated carbocycles. The maximum absolute atomic E-state index is 11.2. The Labute approximate surface area is 93.1 Å². The Kier molecular flexibility index (Phi) is 5.00. The van der Waals surface area contributed by atoms with Crippen molar-refractivity contribution in [2.24, 2.45) is 0 Å². The Bertz CT molecular complexity index is 252. The first kappa shape index (κ1) is 12.7. The lowest BCUT2D eigenvalue weighted by atomic mass is 10.3. The molecule has 2 amide bonds. The lowest BCUT2D eigenvalue weighted by Crippen LogP contribution is -2.48. The van der Waals surface area contributed by atoms with E-state index in [2.05, 4.69) is 10.6 Å². The summed E-state index contributed by atoms with van der Waals surface area (Å²) >= 11 is 0. The maximum Gasteiger partial charge on any atom is 0.325 e. The van der Waals surface area contributed by atoms with Crippen molar-refractivity contribution in [3.05, 3.63) is 0 Å². The zero-order valence-electron chi connectivity index (χ0n) is 9.06. The van der Waals surface area contributed by atoms with Gasteiger partial charge in [0.2, 0.25) is 0 Å². The van der Waals surface area contributed by atoms with Crippen LogP contribution in [0.1, 0.15) is 6.92 Å². The molecule has 0 bridgehead atoms. The van der Waals surface area contributed by atoms with Crippen molar-refractivity contribution in [2.75, 3.05) is 26.4 Å². The van der Waals surface area contributed by atoms with Gasteiger partial charge in [-0.15, -0.1) is 0 Å². The summed E-state index contributed by atoms with van der Waals surface area (Å²) in [6.07, 6.45) is -0.167. The van der Waals surface area contributed by atoms with Gasteiger partial charge in [0.05, 0.1) is 25.9 Å². The number of carbonyl (C=O) groups excluding carboxylic acids is 1. The van der Waals surface area contributed by atoms with Crippen molar-refractivity contribution in [3.63, 3.8) is 0 Å². The maximum atomic E-state index is 11.2. The molecule has 0 aromatic carbocycles. The van der Waals surface area contributed by atoms with Crippen molar-refractivity contribution in [3.8, 4) is 0 Å².